The molecule has 8 heteroatoms. The Kier molecular flexibility index (Phi) is 6.04. The van der Waals surface area contributed by atoms with Crippen LogP contribution in [-0.2, 0) is 19.1 Å². The van der Waals surface area contributed by atoms with Gasteiger partial charge in [0, 0.05) is 25.2 Å². The Labute approximate surface area is 120 Å². The summed E-state index contributed by atoms with van der Waals surface area (Å²) in [7, 11) is 1.18. The number of esters is 1. The number of halogens is 2. The first-order valence-corrected chi connectivity index (χ1v) is 6.73. The third-order valence-electron chi connectivity index (χ3n) is 3.57. The highest BCUT2D eigenvalue weighted by atomic mass is 19.3. The second-order valence-corrected chi connectivity index (χ2v) is 5.14. The molecule has 120 valence electrons. The summed E-state index contributed by atoms with van der Waals surface area (Å²) in [4.78, 5) is 33.9. The van der Waals surface area contributed by atoms with Gasteiger partial charge in [-0.1, -0.05) is 0 Å². The molecule has 1 amide bonds. The Morgan fingerprint density at radius 3 is 2.38 bits per heavy atom. The minimum Gasteiger partial charge on any atom is -0.480 e. The van der Waals surface area contributed by atoms with E-state index >= 15 is 0 Å². The Balaban J connectivity index is 2.49. The lowest BCUT2D eigenvalue weighted by Crippen LogP contribution is -2.45. The van der Waals surface area contributed by atoms with Crippen molar-refractivity contribution in [1.82, 2.24) is 5.32 Å². The molecule has 1 atom stereocenters. The van der Waals surface area contributed by atoms with Crippen LogP contribution in [0.4, 0.5) is 8.78 Å². The van der Waals surface area contributed by atoms with E-state index < -0.39 is 35.7 Å². The largest absolute Gasteiger partial charge is 0.480 e. The zero-order valence-electron chi connectivity index (χ0n) is 11.7. The number of carbonyl (C=O) groups is 3. The predicted octanol–water partition coefficient (Wildman–Crippen LogP) is 1.33. The van der Waals surface area contributed by atoms with Crippen molar-refractivity contribution in [2.24, 2.45) is 5.92 Å². The van der Waals surface area contributed by atoms with Gasteiger partial charge in [-0.15, -0.1) is 0 Å². The molecule has 0 aromatic rings. The van der Waals surface area contributed by atoms with Crippen LogP contribution in [0.5, 0.6) is 0 Å². The lowest BCUT2D eigenvalue weighted by Gasteiger charge is -2.28. The number of hydrogen-bond donors (Lipinski definition) is 2. The van der Waals surface area contributed by atoms with Gasteiger partial charge in [0.15, 0.2) is 0 Å². The maximum absolute atomic E-state index is 13.0. The topological polar surface area (TPSA) is 92.7 Å². The molecule has 0 aromatic carbocycles. The van der Waals surface area contributed by atoms with Gasteiger partial charge in [-0.05, 0) is 19.3 Å². The van der Waals surface area contributed by atoms with Gasteiger partial charge in [0.2, 0.25) is 11.8 Å². The first-order chi connectivity index (χ1) is 9.75. The number of amides is 1. The van der Waals surface area contributed by atoms with E-state index in [9.17, 15) is 23.2 Å². The molecular formula is C13H19F2NO5. The van der Waals surface area contributed by atoms with E-state index in [1.807, 2.05) is 0 Å². The summed E-state index contributed by atoms with van der Waals surface area (Å²) in [5.41, 5.74) is 0. The Morgan fingerprint density at radius 2 is 1.90 bits per heavy atom. The molecule has 21 heavy (non-hydrogen) atoms. The van der Waals surface area contributed by atoms with Crippen LogP contribution in [0.25, 0.3) is 0 Å². The zero-order chi connectivity index (χ0) is 16.0. The van der Waals surface area contributed by atoms with E-state index in [4.69, 9.17) is 5.11 Å². The van der Waals surface area contributed by atoms with E-state index in [0.717, 1.165) is 0 Å². The third-order valence-corrected chi connectivity index (χ3v) is 3.57. The van der Waals surface area contributed by atoms with Crippen molar-refractivity contribution >= 4 is 17.8 Å². The Hall–Kier alpha value is -1.73. The number of hydrogen-bond acceptors (Lipinski definition) is 4. The highest BCUT2D eigenvalue weighted by Crippen LogP contribution is 2.36. The Morgan fingerprint density at radius 1 is 1.33 bits per heavy atom. The second kappa shape index (κ2) is 7.33. The van der Waals surface area contributed by atoms with Gasteiger partial charge in [-0.3, -0.25) is 9.59 Å². The Bertz CT molecular complexity index is 403. The van der Waals surface area contributed by atoms with Crippen molar-refractivity contribution in [1.29, 1.82) is 0 Å². The lowest BCUT2D eigenvalue weighted by atomic mass is 9.86. The maximum atomic E-state index is 13.0. The van der Waals surface area contributed by atoms with E-state index in [-0.39, 0.29) is 38.5 Å². The van der Waals surface area contributed by atoms with Crippen LogP contribution in [-0.4, -0.2) is 42.0 Å². The highest BCUT2D eigenvalue weighted by molar-refractivity contribution is 5.85. The molecule has 1 saturated carbocycles. The third kappa shape index (κ3) is 5.65. The zero-order valence-corrected chi connectivity index (χ0v) is 11.7. The van der Waals surface area contributed by atoms with Crippen LogP contribution in [0.15, 0.2) is 0 Å². The predicted molar refractivity (Wildman–Crippen MR) is 67.7 cm³/mol. The number of carbonyl (C=O) groups excluding carboxylic acids is 2. The van der Waals surface area contributed by atoms with Gasteiger partial charge in [0.05, 0.1) is 7.11 Å². The van der Waals surface area contributed by atoms with Crippen LogP contribution in [0, 0.1) is 5.92 Å². The molecule has 0 aliphatic heterocycles. The van der Waals surface area contributed by atoms with Gasteiger partial charge >= 0.3 is 11.9 Å². The van der Waals surface area contributed by atoms with Crippen molar-refractivity contribution in [2.75, 3.05) is 7.11 Å². The number of aliphatic carboxylic acids is 1. The van der Waals surface area contributed by atoms with Crippen LogP contribution < -0.4 is 5.32 Å². The number of alkyl halides is 2. The van der Waals surface area contributed by atoms with E-state index in [1.165, 1.54) is 7.11 Å². The van der Waals surface area contributed by atoms with Crippen molar-refractivity contribution < 1.29 is 33.0 Å². The number of nitrogens with one attached hydrogen (secondary N) is 1. The van der Waals surface area contributed by atoms with Crippen LogP contribution in [0.2, 0.25) is 0 Å². The van der Waals surface area contributed by atoms with Crippen LogP contribution >= 0.6 is 0 Å². The van der Waals surface area contributed by atoms with E-state index in [0.29, 0.717) is 0 Å². The SMILES string of the molecule is COC(=O)CCC(NC(=O)C1CCC(F)(F)CC1)C(=O)O. The quantitative estimate of drug-likeness (QED) is 0.722. The van der Waals surface area contributed by atoms with Crippen molar-refractivity contribution in [3.63, 3.8) is 0 Å². The molecule has 0 saturated heterocycles. The van der Waals surface area contributed by atoms with Gasteiger partial charge in [-0.2, -0.15) is 0 Å². The summed E-state index contributed by atoms with van der Waals surface area (Å²) >= 11 is 0. The first-order valence-electron chi connectivity index (χ1n) is 6.73. The summed E-state index contributed by atoms with van der Waals surface area (Å²) in [6.07, 6.45) is -0.923. The number of methoxy groups -OCH3 is 1. The van der Waals surface area contributed by atoms with Crippen molar-refractivity contribution in [2.45, 2.75) is 50.5 Å². The average Bonchev–Trinajstić information content (AvgIpc) is 2.42. The average molecular weight is 307 g/mol. The molecule has 1 rings (SSSR count). The number of ether oxygens (including phenoxy) is 1. The van der Waals surface area contributed by atoms with Crippen molar-refractivity contribution in [3.05, 3.63) is 0 Å². The summed E-state index contributed by atoms with van der Waals surface area (Å²) < 4.78 is 30.4. The maximum Gasteiger partial charge on any atom is 0.326 e. The number of carboxylic acid groups (broad SMARTS) is 1. The lowest BCUT2D eigenvalue weighted by molar-refractivity contribution is -0.145. The van der Waals surface area contributed by atoms with Crippen molar-refractivity contribution in [3.8, 4) is 0 Å². The second-order valence-electron chi connectivity index (χ2n) is 5.14. The first kappa shape index (κ1) is 17.3. The van der Waals surface area contributed by atoms with Gasteiger partial charge in [0.25, 0.3) is 0 Å². The van der Waals surface area contributed by atoms with Crippen LogP contribution in [0.1, 0.15) is 38.5 Å². The van der Waals surface area contributed by atoms with Gasteiger partial charge in [-0.25, -0.2) is 13.6 Å². The molecule has 1 fully saturated rings. The van der Waals surface area contributed by atoms with Crippen LogP contribution in [0.3, 0.4) is 0 Å². The molecule has 2 N–H and O–H groups in total. The monoisotopic (exact) mass is 307 g/mol. The normalized spacial score (nSPS) is 19.6. The molecule has 0 aromatic heterocycles. The highest BCUT2D eigenvalue weighted by Gasteiger charge is 2.38. The fraction of sp³-hybridized carbons (Fsp3) is 0.769. The fourth-order valence-electron chi connectivity index (χ4n) is 2.21. The van der Waals surface area contributed by atoms with E-state index in [1.54, 1.807) is 0 Å². The summed E-state index contributed by atoms with van der Waals surface area (Å²) in [6.45, 7) is 0. The summed E-state index contributed by atoms with van der Waals surface area (Å²) in [6, 6.07) is -1.22. The molecule has 6 nitrogen and oxygen atoms in total. The summed E-state index contributed by atoms with van der Waals surface area (Å²) in [5, 5.41) is 11.3. The minimum atomic E-state index is -2.74. The molecule has 0 bridgehead atoms. The fourth-order valence-corrected chi connectivity index (χ4v) is 2.21. The standard InChI is InChI=1S/C13H19F2NO5/c1-21-10(17)3-2-9(12(19)20)16-11(18)8-4-6-13(14,15)7-5-8/h8-9H,2-7H2,1H3,(H,16,18)(H,19,20). The van der Waals surface area contributed by atoms with E-state index in [2.05, 4.69) is 10.1 Å². The molecule has 0 spiro atoms. The molecule has 1 unspecified atom stereocenters. The smallest absolute Gasteiger partial charge is 0.326 e. The molecule has 1 aliphatic rings. The van der Waals surface area contributed by atoms with Gasteiger partial charge < -0.3 is 15.2 Å². The molecule has 1 aliphatic carbocycles. The number of carboxylic acids is 1. The number of rotatable bonds is 6. The summed E-state index contributed by atoms with van der Waals surface area (Å²) in [5.74, 6) is -5.75. The molecule has 0 heterocycles. The minimum absolute atomic E-state index is 0.0299. The molecule has 0 radical (unpaired) electrons. The molecular weight excluding hydrogens is 288 g/mol. The van der Waals surface area contributed by atoms with Gasteiger partial charge in [0.1, 0.15) is 6.04 Å².